The summed E-state index contributed by atoms with van der Waals surface area (Å²) in [6.45, 7) is 3.97. The predicted octanol–water partition coefficient (Wildman–Crippen LogP) is 2.76. The molecule has 142 valence electrons. The molecule has 8 heteroatoms. The van der Waals surface area contributed by atoms with Crippen LogP contribution in [0.15, 0.2) is 35.0 Å². The van der Waals surface area contributed by atoms with Crippen LogP contribution in [0.25, 0.3) is 11.1 Å². The monoisotopic (exact) mass is 379 g/mol. The second kappa shape index (κ2) is 7.27. The van der Waals surface area contributed by atoms with Crippen LogP contribution in [-0.4, -0.2) is 47.0 Å². The molecule has 0 bridgehead atoms. The topological polar surface area (TPSA) is 86.3 Å². The van der Waals surface area contributed by atoms with Crippen LogP contribution in [0.1, 0.15) is 28.7 Å². The van der Waals surface area contributed by atoms with Crippen LogP contribution < -0.4 is 4.90 Å². The van der Waals surface area contributed by atoms with Crippen molar-refractivity contribution in [2.24, 2.45) is 0 Å². The van der Waals surface area contributed by atoms with Crippen LogP contribution >= 0.6 is 0 Å². The highest BCUT2D eigenvalue weighted by Gasteiger charge is 2.26. The van der Waals surface area contributed by atoms with E-state index < -0.39 is 5.82 Å². The zero-order valence-electron chi connectivity index (χ0n) is 15.4. The number of oxazole rings is 1. The van der Waals surface area contributed by atoms with Gasteiger partial charge in [0, 0.05) is 44.5 Å². The number of rotatable bonds is 3. The van der Waals surface area contributed by atoms with E-state index in [2.05, 4.69) is 9.97 Å². The molecule has 1 aliphatic rings. The maximum absolute atomic E-state index is 13.7. The lowest BCUT2D eigenvalue weighted by atomic mass is 10.1. The molecule has 3 aromatic rings. The Bertz CT molecular complexity index is 1080. The van der Waals surface area contributed by atoms with Crippen LogP contribution in [0, 0.1) is 17.1 Å². The van der Waals surface area contributed by atoms with Gasteiger partial charge in [-0.2, -0.15) is 5.26 Å². The van der Waals surface area contributed by atoms with Crippen molar-refractivity contribution in [3.63, 3.8) is 0 Å². The third kappa shape index (κ3) is 3.27. The van der Waals surface area contributed by atoms with E-state index in [9.17, 15) is 9.18 Å². The number of pyridine rings is 1. The number of aromatic nitrogens is 2. The SMILES string of the molecule is CCc1nc2cncc(C(=O)N3CCN(c4cc(F)cc(C#N)c4)CC3)c2o1. The molecule has 1 fully saturated rings. The number of anilines is 1. The molecule has 28 heavy (non-hydrogen) atoms. The molecule has 7 nitrogen and oxygen atoms in total. The van der Waals surface area contributed by atoms with Crippen molar-refractivity contribution in [3.05, 3.63) is 53.4 Å². The Kier molecular flexibility index (Phi) is 4.65. The summed E-state index contributed by atoms with van der Waals surface area (Å²) < 4.78 is 19.4. The Morgan fingerprint density at radius 1 is 1.25 bits per heavy atom. The standard InChI is InChI=1S/C20H18FN5O2/c1-2-18-24-17-12-23-11-16(19(17)28-18)20(27)26-5-3-25(4-6-26)15-8-13(10-22)7-14(21)9-15/h7-9,11-12H,2-6H2,1H3. The fraction of sp³-hybridized carbons (Fsp3) is 0.300. The molecule has 2 aromatic heterocycles. The number of fused-ring (bicyclic) bond motifs is 1. The number of aryl methyl sites for hydroxylation is 1. The fourth-order valence-electron chi connectivity index (χ4n) is 3.36. The van der Waals surface area contributed by atoms with Gasteiger partial charge < -0.3 is 14.2 Å². The quantitative estimate of drug-likeness (QED) is 0.696. The number of hydrogen-bond acceptors (Lipinski definition) is 6. The first-order chi connectivity index (χ1) is 13.6. The van der Waals surface area contributed by atoms with Crippen molar-refractivity contribution < 1.29 is 13.6 Å². The zero-order chi connectivity index (χ0) is 19.7. The van der Waals surface area contributed by atoms with Crippen LogP contribution in [-0.2, 0) is 6.42 Å². The lowest BCUT2D eigenvalue weighted by Gasteiger charge is -2.36. The molecule has 0 spiro atoms. The largest absolute Gasteiger partial charge is 0.440 e. The van der Waals surface area contributed by atoms with Crippen molar-refractivity contribution in [1.82, 2.24) is 14.9 Å². The molecule has 1 amide bonds. The molecule has 3 heterocycles. The smallest absolute Gasteiger partial charge is 0.259 e. The maximum atomic E-state index is 13.7. The molecule has 1 aliphatic heterocycles. The molecule has 0 radical (unpaired) electrons. The normalized spacial score (nSPS) is 14.3. The van der Waals surface area contributed by atoms with Gasteiger partial charge in [0.25, 0.3) is 5.91 Å². The lowest BCUT2D eigenvalue weighted by Crippen LogP contribution is -2.48. The van der Waals surface area contributed by atoms with Crippen LogP contribution in [0.4, 0.5) is 10.1 Å². The third-order valence-electron chi connectivity index (χ3n) is 4.82. The second-order valence-electron chi connectivity index (χ2n) is 6.59. The predicted molar refractivity (Wildman–Crippen MR) is 100 cm³/mol. The van der Waals surface area contributed by atoms with Crippen molar-refractivity contribution in [2.45, 2.75) is 13.3 Å². The molecule has 0 aliphatic carbocycles. The average Bonchev–Trinajstić information content (AvgIpc) is 3.16. The molecule has 0 saturated carbocycles. The number of amides is 1. The van der Waals surface area contributed by atoms with E-state index >= 15 is 0 Å². The van der Waals surface area contributed by atoms with E-state index in [1.165, 1.54) is 18.3 Å². The number of halogens is 1. The number of nitriles is 1. The van der Waals surface area contributed by atoms with Gasteiger partial charge in [0.1, 0.15) is 16.9 Å². The Hall–Kier alpha value is -3.47. The van der Waals surface area contributed by atoms with Crippen LogP contribution in [0.2, 0.25) is 0 Å². The number of hydrogen-bond donors (Lipinski definition) is 0. The Labute approximate surface area is 161 Å². The molecule has 1 saturated heterocycles. The zero-order valence-corrected chi connectivity index (χ0v) is 15.4. The number of carbonyl (C=O) groups excluding carboxylic acids is 1. The summed E-state index contributed by atoms with van der Waals surface area (Å²) >= 11 is 0. The van der Waals surface area contributed by atoms with Gasteiger partial charge >= 0.3 is 0 Å². The highest BCUT2D eigenvalue weighted by molar-refractivity contribution is 6.03. The van der Waals surface area contributed by atoms with Gasteiger partial charge in [0.2, 0.25) is 0 Å². The van der Waals surface area contributed by atoms with Crippen LogP contribution in [0.3, 0.4) is 0 Å². The first-order valence-electron chi connectivity index (χ1n) is 9.07. The van der Waals surface area contributed by atoms with Crippen molar-refractivity contribution >= 4 is 22.7 Å². The van der Waals surface area contributed by atoms with Crippen molar-refractivity contribution in [1.29, 1.82) is 5.26 Å². The van der Waals surface area contributed by atoms with E-state index in [1.807, 2.05) is 17.9 Å². The molecule has 0 atom stereocenters. The Balaban J connectivity index is 1.51. The van der Waals surface area contributed by atoms with Gasteiger partial charge in [-0.3, -0.25) is 9.78 Å². The molecule has 1 aromatic carbocycles. The van der Waals surface area contributed by atoms with Gasteiger partial charge in [0.15, 0.2) is 11.5 Å². The molecular formula is C20H18FN5O2. The number of carbonyl (C=O) groups is 1. The number of piperazine rings is 1. The van der Waals surface area contributed by atoms with Gasteiger partial charge in [-0.1, -0.05) is 6.92 Å². The number of nitrogens with zero attached hydrogens (tertiary/aromatic N) is 5. The molecule has 0 N–H and O–H groups in total. The fourth-order valence-corrected chi connectivity index (χ4v) is 3.36. The second-order valence-corrected chi connectivity index (χ2v) is 6.59. The van der Waals surface area contributed by atoms with Crippen LogP contribution in [0.5, 0.6) is 0 Å². The summed E-state index contributed by atoms with van der Waals surface area (Å²) in [5, 5.41) is 9.02. The number of benzene rings is 1. The van der Waals surface area contributed by atoms with Gasteiger partial charge in [-0.15, -0.1) is 0 Å². The van der Waals surface area contributed by atoms with Gasteiger partial charge in [-0.25, -0.2) is 9.37 Å². The third-order valence-corrected chi connectivity index (χ3v) is 4.82. The molecule has 4 rings (SSSR count). The maximum Gasteiger partial charge on any atom is 0.259 e. The summed E-state index contributed by atoms with van der Waals surface area (Å²) in [5.74, 6) is -0.0304. The minimum absolute atomic E-state index is 0.159. The summed E-state index contributed by atoms with van der Waals surface area (Å²) in [5.41, 5.74) is 2.36. The molecular weight excluding hydrogens is 361 g/mol. The van der Waals surface area contributed by atoms with Gasteiger partial charge in [-0.05, 0) is 18.2 Å². The minimum atomic E-state index is -0.442. The van der Waals surface area contributed by atoms with E-state index in [4.69, 9.17) is 9.68 Å². The first kappa shape index (κ1) is 17.9. The molecule has 0 unspecified atom stereocenters. The summed E-state index contributed by atoms with van der Waals surface area (Å²) in [7, 11) is 0. The lowest BCUT2D eigenvalue weighted by molar-refractivity contribution is 0.0747. The van der Waals surface area contributed by atoms with Crippen molar-refractivity contribution in [3.8, 4) is 6.07 Å². The van der Waals surface area contributed by atoms with Gasteiger partial charge in [0.05, 0.1) is 17.8 Å². The Morgan fingerprint density at radius 3 is 2.75 bits per heavy atom. The van der Waals surface area contributed by atoms with Crippen molar-refractivity contribution in [2.75, 3.05) is 31.1 Å². The van der Waals surface area contributed by atoms with E-state index in [0.29, 0.717) is 60.8 Å². The average molecular weight is 379 g/mol. The van der Waals surface area contributed by atoms with E-state index in [-0.39, 0.29) is 11.5 Å². The van der Waals surface area contributed by atoms with E-state index in [0.717, 1.165) is 0 Å². The first-order valence-corrected chi connectivity index (χ1v) is 9.07. The summed E-state index contributed by atoms with van der Waals surface area (Å²) in [4.78, 5) is 25.1. The van der Waals surface area contributed by atoms with E-state index in [1.54, 1.807) is 17.2 Å². The Morgan fingerprint density at radius 2 is 2.04 bits per heavy atom. The summed E-state index contributed by atoms with van der Waals surface area (Å²) in [6, 6.07) is 6.24. The summed E-state index contributed by atoms with van der Waals surface area (Å²) in [6.07, 6.45) is 3.73. The highest BCUT2D eigenvalue weighted by Crippen LogP contribution is 2.23. The highest BCUT2D eigenvalue weighted by atomic mass is 19.1. The minimum Gasteiger partial charge on any atom is -0.440 e.